The average Bonchev–Trinajstić information content (AvgIpc) is 2.63. The molecule has 3 aromatic carbocycles. The lowest BCUT2D eigenvalue weighted by atomic mass is 10.1. The second kappa shape index (κ2) is 9.31. The van der Waals surface area contributed by atoms with Crippen LogP contribution in [-0.2, 0) is 4.79 Å². The Bertz CT molecular complexity index is 1010. The number of thiocarbonyl (C=S) groups is 1. The lowest BCUT2D eigenvalue weighted by molar-refractivity contribution is -0.121. The Kier molecular flexibility index (Phi) is 7.07. The van der Waals surface area contributed by atoms with Crippen molar-refractivity contribution in [3.8, 4) is 5.75 Å². The number of carbonyl (C=O) groups excluding carboxylic acids is 1. The van der Waals surface area contributed by atoms with Gasteiger partial charge in [0.25, 0.3) is 5.91 Å². The molecule has 0 saturated carbocycles. The minimum atomic E-state index is -0.333. The molecule has 8 heteroatoms. The van der Waals surface area contributed by atoms with Crippen LogP contribution in [0.15, 0.2) is 63.5 Å². The largest absolute Gasteiger partial charge is 0.483 e. The summed E-state index contributed by atoms with van der Waals surface area (Å²) in [5.74, 6) is 0.261. The van der Waals surface area contributed by atoms with Crippen molar-refractivity contribution in [2.45, 2.75) is 0 Å². The van der Waals surface area contributed by atoms with Gasteiger partial charge in [-0.2, -0.15) is 0 Å². The third kappa shape index (κ3) is 5.63. The first kappa shape index (κ1) is 20.5. The molecule has 4 nitrogen and oxygen atoms in total. The maximum absolute atomic E-state index is 12.1. The van der Waals surface area contributed by atoms with E-state index in [0.29, 0.717) is 5.75 Å². The van der Waals surface area contributed by atoms with Crippen LogP contribution in [0.4, 0.5) is 5.69 Å². The average molecular weight is 620 g/mol. The highest BCUT2D eigenvalue weighted by Crippen LogP contribution is 2.34. The predicted octanol–water partition coefficient (Wildman–Crippen LogP) is 5.86. The van der Waals surface area contributed by atoms with E-state index < -0.39 is 0 Å². The van der Waals surface area contributed by atoms with Crippen LogP contribution in [-0.4, -0.2) is 17.6 Å². The van der Waals surface area contributed by atoms with Gasteiger partial charge in [-0.25, -0.2) is 0 Å². The van der Waals surface area contributed by atoms with Gasteiger partial charge in [-0.3, -0.25) is 10.1 Å². The Balaban J connectivity index is 1.58. The molecule has 2 N–H and O–H groups in total. The van der Waals surface area contributed by atoms with E-state index in [9.17, 15) is 4.79 Å². The summed E-state index contributed by atoms with van der Waals surface area (Å²) in [4.78, 5) is 12.1. The first-order valence-corrected chi connectivity index (χ1v) is 10.9. The van der Waals surface area contributed by atoms with Gasteiger partial charge in [0.15, 0.2) is 11.7 Å². The second-order valence-corrected chi connectivity index (χ2v) is 8.90. The molecule has 0 bridgehead atoms. The number of amides is 1. The van der Waals surface area contributed by atoms with E-state index in [2.05, 4.69) is 65.1 Å². The number of benzene rings is 3. The molecule has 0 spiro atoms. The summed E-state index contributed by atoms with van der Waals surface area (Å²) < 4.78 is 8.57. The van der Waals surface area contributed by atoms with Gasteiger partial charge in [-0.1, -0.05) is 28.1 Å². The summed E-state index contributed by atoms with van der Waals surface area (Å²) in [5.41, 5.74) is 0.810. The number of rotatable bonds is 4. The fourth-order valence-electron chi connectivity index (χ4n) is 2.36. The van der Waals surface area contributed by atoms with Crippen molar-refractivity contribution < 1.29 is 9.53 Å². The van der Waals surface area contributed by atoms with E-state index >= 15 is 0 Å². The highest BCUT2D eigenvalue weighted by atomic mass is 127. The first-order chi connectivity index (χ1) is 12.9. The maximum Gasteiger partial charge on any atom is 0.264 e. The smallest absolute Gasteiger partial charge is 0.264 e. The molecule has 0 fully saturated rings. The second-order valence-electron chi connectivity index (χ2n) is 5.54. The van der Waals surface area contributed by atoms with Crippen LogP contribution in [0, 0.1) is 3.57 Å². The topological polar surface area (TPSA) is 50.4 Å². The van der Waals surface area contributed by atoms with E-state index in [4.69, 9.17) is 17.0 Å². The number of anilines is 1. The van der Waals surface area contributed by atoms with E-state index in [1.807, 2.05) is 54.6 Å². The molecule has 138 valence electrons. The van der Waals surface area contributed by atoms with Crippen molar-refractivity contribution >= 4 is 94.1 Å². The van der Waals surface area contributed by atoms with Gasteiger partial charge in [0, 0.05) is 13.7 Å². The Morgan fingerprint density at radius 3 is 2.56 bits per heavy atom. The van der Waals surface area contributed by atoms with Crippen molar-refractivity contribution in [1.29, 1.82) is 0 Å². The summed E-state index contributed by atoms with van der Waals surface area (Å²) in [6.07, 6.45) is 0. The molecule has 3 aromatic rings. The highest BCUT2D eigenvalue weighted by Gasteiger charge is 2.10. The van der Waals surface area contributed by atoms with Crippen molar-refractivity contribution in [2.75, 3.05) is 11.9 Å². The van der Waals surface area contributed by atoms with Crippen molar-refractivity contribution in [1.82, 2.24) is 5.32 Å². The van der Waals surface area contributed by atoms with Crippen LogP contribution in [0.2, 0.25) is 0 Å². The molecule has 1 amide bonds. The van der Waals surface area contributed by atoms with E-state index in [-0.39, 0.29) is 17.6 Å². The van der Waals surface area contributed by atoms with Crippen LogP contribution in [0.3, 0.4) is 0 Å². The van der Waals surface area contributed by atoms with Gasteiger partial charge in [0.2, 0.25) is 0 Å². The number of carbonyl (C=O) groups is 1. The zero-order valence-electron chi connectivity index (χ0n) is 13.8. The number of halogens is 3. The molecule has 0 aromatic heterocycles. The van der Waals surface area contributed by atoms with Gasteiger partial charge in [-0.15, -0.1) is 0 Å². The Labute approximate surface area is 192 Å². The molecule has 27 heavy (non-hydrogen) atoms. The Morgan fingerprint density at radius 2 is 1.81 bits per heavy atom. The Morgan fingerprint density at radius 1 is 1.07 bits per heavy atom. The predicted molar refractivity (Wildman–Crippen MR) is 128 cm³/mol. The lowest BCUT2D eigenvalue weighted by Crippen LogP contribution is -2.37. The minimum Gasteiger partial charge on any atom is -0.483 e. The molecule has 3 rings (SSSR count). The SMILES string of the molecule is O=C(COc1ccc2cc(Br)ccc2c1Br)NC(=S)Nc1ccc(I)cc1. The van der Waals surface area contributed by atoms with Gasteiger partial charge in [0.1, 0.15) is 5.75 Å². The fourth-order valence-corrected chi connectivity index (χ4v) is 3.93. The number of fused-ring (bicyclic) bond motifs is 1. The first-order valence-electron chi connectivity index (χ1n) is 7.79. The molecule has 0 aliphatic heterocycles. The molecule has 0 heterocycles. The highest BCUT2D eigenvalue weighted by molar-refractivity contribution is 14.1. The zero-order valence-corrected chi connectivity index (χ0v) is 19.9. The normalized spacial score (nSPS) is 10.5. The lowest BCUT2D eigenvalue weighted by Gasteiger charge is -2.12. The number of hydrogen-bond donors (Lipinski definition) is 2. The maximum atomic E-state index is 12.1. The standard InChI is InChI=1S/C19H13Br2IN2O2S/c20-12-2-7-15-11(9-12)1-8-16(18(15)21)26-10-17(25)24-19(27)23-14-5-3-13(22)4-6-14/h1-9H,10H2,(H2,23,24,25,27). The Hall–Kier alpha value is -1.23. The van der Waals surface area contributed by atoms with Gasteiger partial charge >= 0.3 is 0 Å². The van der Waals surface area contributed by atoms with Gasteiger partial charge < -0.3 is 10.1 Å². The summed E-state index contributed by atoms with van der Waals surface area (Å²) in [6.45, 7) is -0.144. The van der Waals surface area contributed by atoms with E-state index in [0.717, 1.165) is 29.0 Å². The monoisotopic (exact) mass is 618 g/mol. The molecular weight excluding hydrogens is 607 g/mol. The molecule has 0 aliphatic carbocycles. The third-order valence-corrected chi connectivity index (χ3v) is 5.83. The summed E-state index contributed by atoms with van der Waals surface area (Å²) in [7, 11) is 0. The van der Waals surface area contributed by atoms with Crippen LogP contribution in [0.5, 0.6) is 5.75 Å². The van der Waals surface area contributed by atoms with E-state index in [1.54, 1.807) is 0 Å². The summed E-state index contributed by atoms with van der Waals surface area (Å²) >= 11 is 14.4. The number of ether oxygens (including phenoxy) is 1. The van der Waals surface area contributed by atoms with Crippen LogP contribution < -0.4 is 15.4 Å². The minimum absolute atomic E-state index is 0.144. The fraction of sp³-hybridized carbons (Fsp3) is 0.0526. The zero-order chi connectivity index (χ0) is 19.4. The molecule has 0 unspecified atom stereocenters. The van der Waals surface area contributed by atoms with Crippen LogP contribution in [0.25, 0.3) is 10.8 Å². The van der Waals surface area contributed by atoms with E-state index in [1.165, 1.54) is 0 Å². The third-order valence-electron chi connectivity index (χ3n) is 3.59. The molecular formula is C19H13Br2IN2O2S. The van der Waals surface area contributed by atoms with Crippen LogP contribution in [0.1, 0.15) is 0 Å². The summed E-state index contributed by atoms with van der Waals surface area (Å²) in [6, 6.07) is 17.4. The molecule has 0 aliphatic rings. The number of nitrogens with one attached hydrogen (secondary N) is 2. The van der Waals surface area contributed by atoms with Crippen LogP contribution >= 0.6 is 66.7 Å². The van der Waals surface area contributed by atoms with Crippen molar-refractivity contribution in [2.24, 2.45) is 0 Å². The quantitative estimate of drug-likeness (QED) is 0.284. The van der Waals surface area contributed by atoms with Gasteiger partial charge in [-0.05, 0) is 104 Å². The van der Waals surface area contributed by atoms with Crippen molar-refractivity contribution in [3.05, 3.63) is 67.1 Å². The molecule has 0 atom stereocenters. The molecule has 0 radical (unpaired) electrons. The number of hydrogen-bond acceptors (Lipinski definition) is 3. The van der Waals surface area contributed by atoms with Crippen molar-refractivity contribution in [3.63, 3.8) is 0 Å². The van der Waals surface area contributed by atoms with Gasteiger partial charge in [0.05, 0.1) is 4.47 Å². The summed E-state index contributed by atoms with van der Waals surface area (Å²) in [5, 5.41) is 7.88. The molecule has 0 saturated heterocycles.